The summed E-state index contributed by atoms with van der Waals surface area (Å²) in [5.74, 6) is 3.12. The Balaban J connectivity index is 0.00000225. The molecule has 2 atom stereocenters. The van der Waals surface area contributed by atoms with E-state index in [0.717, 1.165) is 24.8 Å². The van der Waals surface area contributed by atoms with E-state index in [1.807, 2.05) is 19.2 Å². The van der Waals surface area contributed by atoms with Gasteiger partial charge in [-0.3, -0.25) is 4.99 Å². The lowest BCUT2D eigenvalue weighted by atomic mass is 10.1. The van der Waals surface area contributed by atoms with Crippen LogP contribution in [-0.4, -0.2) is 26.7 Å². The number of benzene rings is 2. The van der Waals surface area contributed by atoms with Gasteiger partial charge in [0, 0.05) is 20.1 Å². The second-order valence-electron chi connectivity index (χ2n) is 6.17. The third-order valence-corrected chi connectivity index (χ3v) is 4.52. The van der Waals surface area contributed by atoms with Crippen molar-refractivity contribution in [1.82, 2.24) is 10.6 Å². The fourth-order valence-corrected chi connectivity index (χ4v) is 2.96. The Bertz CT molecular complexity index is 673. The van der Waals surface area contributed by atoms with Crippen molar-refractivity contribution in [1.29, 1.82) is 0 Å². The smallest absolute Gasteiger partial charge is 0.191 e. The van der Waals surface area contributed by atoms with Gasteiger partial charge >= 0.3 is 0 Å². The molecule has 2 aromatic rings. The fourth-order valence-electron chi connectivity index (χ4n) is 2.96. The Hall–Kier alpha value is -1.76. The molecule has 2 N–H and O–H groups in total. The lowest BCUT2D eigenvalue weighted by Crippen LogP contribution is -2.38. The molecule has 0 aromatic heterocycles. The van der Waals surface area contributed by atoms with Crippen LogP contribution in [0.4, 0.5) is 0 Å². The summed E-state index contributed by atoms with van der Waals surface area (Å²) in [6.45, 7) is 1.71. The van der Waals surface area contributed by atoms with Crippen molar-refractivity contribution < 1.29 is 4.74 Å². The van der Waals surface area contributed by atoms with Gasteiger partial charge in [-0.25, -0.2) is 0 Å². The van der Waals surface area contributed by atoms with Crippen LogP contribution in [-0.2, 0) is 6.54 Å². The van der Waals surface area contributed by atoms with Gasteiger partial charge in [0.1, 0.15) is 5.75 Å². The molecule has 0 radical (unpaired) electrons. The van der Waals surface area contributed by atoms with Gasteiger partial charge in [0.15, 0.2) is 5.96 Å². The van der Waals surface area contributed by atoms with E-state index in [0.29, 0.717) is 11.8 Å². The number of methoxy groups -OCH3 is 1. The topological polar surface area (TPSA) is 45.7 Å². The van der Waals surface area contributed by atoms with E-state index in [1.165, 1.54) is 17.5 Å². The summed E-state index contributed by atoms with van der Waals surface area (Å²) in [7, 11) is 3.49. The van der Waals surface area contributed by atoms with E-state index >= 15 is 0 Å². The van der Waals surface area contributed by atoms with Crippen LogP contribution in [0, 0.1) is 5.92 Å². The second kappa shape index (κ2) is 9.65. The highest BCUT2D eigenvalue weighted by atomic mass is 127. The van der Waals surface area contributed by atoms with Crippen LogP contribution in [0.25, 0.3) is 0 Å². The van der Waals surface area contributed by atoms with Crippen LogP contribution in [0.5, 0.6) is 5.75 Å². The van der Waals surface area contributed by atoms with E-state index in [2.05, 4.69) is 58.1 Å². The van der Waals surface area contributed by atoms with Crippen molar-refractivity contribution in [2.24, 2.45) is 10.9 Å². The lowest BCUT2D eigenvalue weighted by molar-refractivity contribution is 0.414. The summed E-state index contributed by atoms with van der Waals surface area (Å²) < 4.78 is 5.18. The van der Waals surface area contributed by atoms with Crippen LogP contribution >= 0.6 is 24.0 Å². The van der Waals surface area contributed by atoms with Crippen molar-refractivity contribution in [2.45, 2.75) is 18.9 Å². The zero-order valence-electron chi connectivity index (χ0n) is 14.7. The maximum absolute atomic E-state index is 5.18. The SMILES string of the molecule is CN=C(NCc1ccc(OC)cc1)NCC1CC1c1ccccc1.I. The van der Waals surface area contributed by atoms with E-state index < -0.39 is 0 Å². The highest BCUT2D eigenvalue weighted by Gasteiger charge is 2.37. The molecule has 2 unspecified atom stereocenters. The molecule has 1 aliphatic rings. The molecule has 2 aromatic carbocycles. The van der Waals surface area contributed by atoms with Gasteiger partial charge in [-0.2, -0.15) is 0 Å². The van der Waals surface area contributed by atoms with Gasteiger partial charge in [-0.1, -0.05) is 42.5 Å². The summed E-state index contributed by atoms with van der Waals surface area (Å²) in [5.41, 5.74) is 2.65. The van der Waals surface area contributed by atoms with Crippen LogP contribution < -0.4 is 15.4 Å². The van der Waals surface area contributed by atoms with E-state index in [4.69, 9.17) is 4.74 Å². The third kappa shape index (κ3) is 5.63. The first-order valence-corrected chi connectivity index (χ1v) is 8.42. The molecule has 0 amide bonds. The highest BCUT2D eigenvalue weighted by Crippen LogP contribution is 2.46. The molecule has 1 fully saturated rings. The maximum Gasteiger partial charge on any atom is 0.191 e. The summed E-state index contributed by atoms with van der Waals surface area (Å²) in [6.07, 6.45) is 1.26. The van der Waals surface area contributed by atoms with Crippen LogP contribution in [0.15, 0.2) is 59.6 Å². The number of nitrogens with one attached hydrogen (secondary N) is 2. The number of rotatable bonds is 6. The number of halogens is 1. The minimum atomic E-state index is 0. The van der Waals surface area contributed by atoms with E-state index in [-0.39, 0.29) is 24.0 Å². The van der Waals surface area contributed by atoms with Crippen LogP contribution in [0.3, 0.4) is 0 Å². The first-order valence-electron chi connectivity index (χ1n) is 8.42. The Kier molecular flexibility index (Phi) is 7.55. The minimum Gasteiger partial charge on any atom is -0.497 e. The van der Waals surface area contributed by atoms with E-state index in [1.54, 1.807) is 7.11 Å². The zero-order valence-corrected chi connectivity index (χ0v) is 17.1. The van der Waals surface area contributed by atoms with Crippen LogP contribution in [0.2, 0.25) is 0 Å². The van der Waals surface area contributed by atoms with Crippen molar-refractivity contribution in [3.63, 3.8) is 0 Å². The number of ether oxygens (including phenoxy) is 1. The number of aliphatic imine (C=N–C) groups is 1. The number of guanidine groups is 1. The molecule has 3 rings (SSSR count). The van der Waals surface area contributed by atoms with Gasteiger partial charge in [0.25, 0.3) is 0 Å². The van der Waals surface area contributed by atoms with Gasteiger partial charge in [0.05, 0.1) is 7.11 Å². The molecule has 5 heteroatoms. The largest absolute Gasteiger partial charge is 0.497 e. The predicted octanol–water partition coefficient (Wildman–Crippen LogP) is 3.78. The molecule has 0 aliphatic heterocycles. The number of hydrogen-bond acceptors (Lipinski definition) is 2. The molecule has 0 saturated heterocycles. The molecular weight excluding hydrogens is 425 g/mol. The summed E-state index contributed by atoms with van der Waals surface area (Å²) in [4.78, 5) is 4.30. The lowest BCUT2D eigenvalue weighted by Gasteiger charge is -2.12. The first kappa shape index (κ1) is 19.6. The summed E-state index contributed by atoms with van der Waals surface area (Å²) in [5, 5.41) is 6.80. The van der Waals surface area contributed by atoms with Gasteiger partial charge in [-0.05, 0) is 41.5 Å². The number of hydrogen-bond donors (Lipinski definition) is 2. The van der Waals surface area contributed by atoms with Gasteiger partial charge in [0.2, 0.25) is 0 Å². The molecule has 1 aliphatic carbocycles. The average Bonchev–Trinajstić information content (AvgIpc) is 3.43. The Labute approximate surface area is 167 Å². The molecule has 134 valence electrons. The zero-order chi connectivity index (χ0) is 16.8. The second-order valence-corrected chi connectivity index (χ2v) is 6.17. The molecule has 4 nitrogen and oxygen atoms in total. The average molecular weight is 451 g/mol. The number of nitrogens with zero attached hydrogens (tertiary/aromatic N) is 1. The first-order chi connectivity index (χ1) is 11.8. The van der Waals surface area contributed by atoms with E-state index in [9.17, 15) is 0 Å². The van der Waals surface area contributed by atoms with Gasteiger partial charge < -0.3 is 15.4 Å². The molecule has 25 heavy (non-hydrogen) atoms. The summed E-state index contributed by atoms with van der Waals surface area (Å²) >= 11 is 0. The van der Waals surface area contributed by atoms with Crippen molar-refractivity contribution in [3.05, 3.63) is 65.7 Å². The standard InChI is InChI=1S/C20H25N3O.HI/c1-21-20(22-13-15-8-10-18(24-2)11-9-15)23-14-17-12-19(17)16-6-4-3-5-7-16;/h3-11,17,19H,12-14H2,1-2H3,(H2,21,22,23);1H. The molecule has 0 heterocycles. The Morgan fingerprint density at radius 2 is 1.80 bits per heavy atom. The fraction of sp³-hybridized carbons (Fsp3) is 0.350. The third-order valence-electron chi connectivity index (χ3n) is 4.52. The minimum absolute atomic E-state index is 0. The van der Waals surface area contributed by atoms with Crippen molar-refractivity contribution in [3.8, 4) is 5.75 Å². The quantitative estimate of drug-likeness (QED) is 0.399. The Morgan fingerprint density at radius 1 is 1.08 bits per heavy atom. The summed E-state index contributed by atoms with van der Waals surface area (Å²) in [6, 6.07) is 18.8. The molecule has 0 bridgehead atoms. The molecule has 1 saturated carbocycles. The Morgan fingerprint density at radius 3 is 2.44 bits per heavy atom. The monoisotopic (exact) mass is 451 g/mol. The molecule has 0 spiro atoms. The highest BCUT2D eigenvalue weighted by molar-refractivity contribution is 14.0. The van der Waals surface area contributed by atoms with Crippen molar-refractivity contribution >= 4 is 29.9 Å². The normalized spacial score (nSPS) is 18.9. The molecular formula is C20H26IN3O. The van der Waals surface area contributed by atoms with Gasteiger partial charge in [-0.15, -0.1) is 24.0 Å². The predicted molar refractivity (Wildman–Crippen MR) is 114 cm³/mol. The van der Waals surface area contributed by atoms with Crippen molar-refractivity contribution in [2.75, 3.05) is 20.7 Å². The maximum atomic E-state index is 5.18. The van der Waals surface area contributed by atoms with Crippen LogP contribution in [0.1, 0.15) is 23.5 Å².